The lowest BCUT2D eigenvalue weighted by atomic mass is 10.3. The molecule has 2 rings (SSSR count). The zero-order chi connectivity index (χ0) is 13.8. The van der Waals surface area contributed by atoms with Crippen molar-refractivity contribution in [3.05, 3.63) is 46.7 Å². The van der Waals surface area contributed by atoms with E-state index in [1.54, 1.807) is 10.9 Å². The van der Waals surface area contributed by atoms with Gasteiger partial charge in [0.25, 0.3) is 0 Å². The SMILES string of the molecule is Cc1nn(-c2ccccc2)c(Cl)c1/C=N\NC(N)=S. The molecule has 5 nitrogen and oxygen atoms in total. The van der Waals surface area contributed by atoms with Gasteiger partial charge in [0.2, 0.25) is 0 Å². The van der Waals surface area contributed by atoms with Gasteiger partial charge in [-0.1, -0.05) is 29.8 Å². The first-order valence-electron chi connectivity index (χ1n) is 5.48. The van der Waals surface area contributed by atoms with Crippen LogP contribution in [0.15, 0.2) is 35.4 Å². The van der Waals surface area contributed by atoms with Crippen LogP contribution in [0.25, 0.3) is 5.69 Å². The Kier molecular flexibility index (Phi) is 4.13. The molecular weight excluding hydrogens is 282 g/mol. The Morgan fingerprint density at radius 3 is 2.79 bits per heavy atom. The summed E-state index contributed by atoms with van der Waals surface area (Å²) in [6, 6.07) is 9.62. The Bertz CT molecular complexity index is 621. The molecule has 0 fully saturated rings. The van der Waals surface area contributed by atoms with Gasteiger partial charge >= 0.3 is 0 Å². The molecule has 0 aliphatic carbocycles. The van der Waals surface area contributed by atoms with Crippen LogP contribution in [0.5, 0.6) is 0 Å². The minimum absolute atomic E-state index is 0.0977. The van der Waals surface area contributed by atoms with Gasteiger partial charge in [0.15, 0.2) is 5.11 Å². The quantitative estimate of drug-likeness (QED) is 0.516. The van der Waals surface area contributed by atoms with Crippen LogP contribution in [0, 0.1) is 6.92 Å². The summed E-state index contributed by atoms with van der Waals surface area (Å²) in [5, 5.41) is 8.85. The van der Waals surface area contributed by atoms with E-state index in [2.05, 4.69) is 27.8 Å². The van der Waals surface area contributed by atoms with Crippen LogP contribution in [0.1, 0.15) is 11.3 Å². The first-order valence-corrected chi connectivity index (χ1v) is 6.27. The Labute approximate surface area is 121 Å². The summed E-state index contributed by atoms with van der Waals surface area (Å²) in [7, 11) is 0. The zero-order valence-corrected chi connectivity index (χ0v) is 11.7. The molecule has 1 aromatic heterocycles. The number of rotatable bonds is 3. The highest BCUT2D eigenvalue weighted by Crippen LogP contribution is 2.21. The number of hydrazone groups is 1. The fourth-order valence-corrected chi connectivity index (χ4v) is 1.93. The number of halogens is 1. The minimum atomic E-state index is 0.0977. The molecule has 0 aliphatic rings. The fraction of sp³-hybridized carbons (Fsp3) is 0.0833. The van der Waals surface area contributed by atoms with Gasteiger partial charge in [0.1, 0.15) is 5.15 Å². The van der Waals surface area contributed by atoms with E-state index < -0.39 is 0 Å². The predicted octanol–water partition coefficient (Wildman–Crippen LogP) is 2.00. The van der Waals surface area contributed by atoms with Crippen LogP contribution < -0.4 is 11.2 Å². The number of para-hydroxylation sites is 1. The first kappa shape index (κ1) is 13.5. The van der Waals surface area contributed by atoms with Crippen LogP contribution in [-0.4, -0.2) is 21.1 Å². The third-order valence-corrected chi connectivity index (χ3v) is 2.87. The predicted molar refractivity (Wildman–Crippen MR) is 80.8 cm³/mol. The lowest BCUT2D eigenvalue weighted by Crippen LogP contribution is -2.24. The number of benzene rings is 1. The van der Waals surface area contributed by atoms with Crippen molar-refractivity contribution in [2.75, 3.05) is 0 Å². The molecular formula is C12H12ClN5S. The van der Waals surface area contributed by atoms with Gasteiger partial charge in [-0.2, -0.15) is 10.2 Å². The van der Waals surface area contributed by atoms with Crippen molar-refractivity contribution >= 4 is 35.1 Å². The monoisotopic (exact) mass is 293 g/mol. The van der Waals surface area contributed by atoms with Gasteiger partial charge in [-0.25, -0.2) is 4.68 Å². The molecule has 0 unspecified atom stereocenters. The van der Waals surface area contributed by atoms with Crippen molar-refractivity contribution in [1.82, 2.24) is 15.2 Å². The molecule has 7 heteroatoms. The third-order valence-electron chi connectivity index (χ3n) is 2.42. The summed E-state index contributed by atoms with van der Waals surface area (Å²) in [4.78, 5) is 0. The van der Waals surface area contributed by atoms with Gasteiger partial charge in [0, 0.05) is 0 Å². The molecule has 0 amide bonds. The average molecular weight is 294 g/mol. The maximum absolute atomic E-state index is 6.30. The number of hydrogen-bond donors (Lipinski definition) is 2. The number of nitrogens with one attached hydrogen (secondary N) is 1. The van der Waals surface area contributed by atoms with Crippen LogP contribution in [0.4, 0.5) is 0 Å². The second-order valence-electron chi connectivity index (χ2n) is 3.77. The standard InChI is InChI=1S/C12H12ClN5S/c1-8-10(7-15-16-12(14)19)11(13)18(17-8)9-5-3-2-4-6-9/h2-7H,1H3,(H3,14,16,19)/b15-7-. The largest absolute Gasteiger partial charge is 0.375 e. The smallest absolute Gasteiger partial charge is 0.184 e. The van der Waals surface area contributed by atoms with E-state index in [0.717, 1.165) is 11.4 Å². The number of nitrogens with zero attached hydrogens (tertiary/aromatic N) is 3. The Morgan fingerprint density at radius 1 is 1.47 bits per heavy atom. The molecule has 0 aliphatic heterocycles. The highest BCUT2D eigenvalue weighted by molar-refractivity contribution is 7.80. The Hall–Kier alpha value is -1.92. The molecule has 0 saturated carbocycles. The molecule has 0 radical (unpaired) electrons. The van der Waals surface area contributed by atoms with E-state index in [0.29, 0.717) is 10.7 Å². The highest BCUT2D eigenvalue weighted by Gasteiger charge is 2.12. The summed E-state index contributed by atoms with van der Waals surface area (Å²) >= 11 is 11.0. The number of aromatic nitrogens is 2. The molecule has 98 valence electrons. The van der Waals surface area contributed by atoms with Crippen molar-refractivity contribution in [2.24, 2.45) is 10.8 Å². The first-order chi connectivity index (χ1) is 9.09. The highest BCUT2D eigenvalue weighted by atomic mass is 35.5. The summed E-state index contributed by atoms with van der Waals surface area (Å²) in [6.45, 7) is 1.85. The van der Waals surface area contributed by atoms with E-state index in [4.69, 9.17) is 17.3 Å². The molecule has 1 aromatic carbocycles. The van der Waals surface area contributed by atoms with Crippen LogP contribution in [-0.2, 0) is 0 Å². The molecule has 3 N–H and O–H groups in total. The summed E-state index contributed by atoms with van der Waals surface area (Å²) in [5.74, 6) is 0. The van der Waals surface area contributed by atoms with Crippen LogP contribution >= 0.6 is 23.8 Å². The molecule has 19 heavy (non-hydrogen) atoms. The Balaban J connectivity index is 2.35. The number of thiocarbonyl (C=S) groups is 1. The molecule has 0 atom stereocenters. The maximum atomic E-state index is 6.30. The van der Waals surface area contributed by atoms with Crippen molar-refractivity contribution < 1.29 is 0 Å². The van der Waals surface area contributed by atoms with Crippen molar-refractivity contribution in [2.45, 2.75) is 6.92 Å². The molecule has 0 bridgehead atoms. The number of nitrogens with two attached hydrogens (primary N) is 1. The molecule has 0 saturated heterocycles. The van der Waals surface area contributed by atoms with E-state index in [9.17, 15) is 0 Å². The lowest BCUT2D eigenvalue weighted by molar-refractivity contribution is 0.863. The molecule has 1 heterocycles. The van der Waals surface area contributed by atoms with Gasteiger partial charge in [-0.05, 0) is 31.3 Å². The zero-order valence-electron chi connectivity index (χ0n) is 10.2. The molecule has 0 spiro atoms. The van der Waals surface area contributed by atoms with Crippen LogP contribution in [0.2, 0.25) is 5.15 Å². The van der Waals surface area contributed by atoms with Crippen LogP contribution in [0.3, 0.4) is 0 Å². The van der Waals surface area contributed by atoms with Gasteiger partial charge < -0.3 is 5.73 Å². The van der Waals surface area contributed by atoms with Gasteiger partial charge in [0.05, 0.1) is 23.2 Å². The van der Waals surface area contributed by atoms with Crippen molar-refractivity contribution in [3.63, 3.8) is 0 Å². The summed E-state index contributed by atoms with van der Waals surface area (Å²) in [5.41, 5.74) is 10.1. The van der Waals surface area contributed by atoms with E-state index >= 15 is 0 Å². The van der Waals surface area contributed by atoms with E-state index in [1.807, 2.05) is 37.3 Å². The Morgan fingerprint density at radius 2 is 2.16 bits per heavy atom. The second kappa shape index (κ2) is 5.81. The topological polar surface area (TPSA) is 68.2 Å². The fourth-order valence-electron chi connectivity index (χ4n) is 1.56. The second-order valence-corrected chi connectivity index (χ2v) is 4.57. The molecule has 2 aromatic rings. The lowest BCUT2D eigenvalue weighted by Gasteiger charge is -2.01. The van der Waals surface area contributed by atoms with Crippen molar-refractivity contribution in [1.29, 1.82) is 0 Å². The third kappa shape index (κ3) is 3.10. The van der Waals surface area contributed by atoms with E-state index in [-0.39, 0.29) is 5.11 Å². The van der Waals surface area contributed by atoms with E-state index in [1.165, 1.54) is 0 Å². The van der Waals surface area contributed by atoms with Crippen molar-refractivity contribution in [3.8, 4) is 5.69 Å². The number of hydrogen-bond acceptors (Lipinski definition) is 3. The summed E-state index contributed by atoms with van der Waals surface area (Å²) < 4.78 is 1.65. The van der Waals surface area contributed by atoms with Gasteiger partial charge in [-0.15, -0.1) is 0 Å². The maximum Gasteiger partial charge on any atom is 0.184 e. The average Bonchev–Trinajstić information content (AvgIpc) is 2.67. The summed E-state index contributed by atoms with van der Waals surface area (Å²) in [6.07, 6.45) is 1.54. The normalized spacial score (nSPS) is 10.8. The number of aryl methyl sites for hydroxylation is 1. The minimum Gasteiger partial charge on any atom is -0.375 e. The van der Waals surface area contributed by atoms with Gasteiger partial charge in [-0.3, -0.25) is 5.43 Å².